The molecule has 0 heterocycles. The Morgan fingerprint density at radius 1 is 1.61 bits per heavy atom. The van der Waals surface area contributed by atoms with Crippen LogP contribution in [0.5, 0.6) is 0 Å². The van der Waals surface area contributed by atoms with E-state index in [1.54, 1.807) is 12.1 Å². The van der Waals surface area contributed by atoms with E-state index >= 15 is 0 Å². The first-order chi connectivity index (χ1) is 8.51. The smallest absolute Gasteiger partial charge is 0.270 e. The normalized spacial score (nSPS) is 9.89. The molecule has 0 atom stereocenters. The van der Waals surface area contributed by atoms with Gasteiger partial charge in [-0.05, 0) is 19.9 Å². The minimum Gasteiger partial charge on any atom is -0.364 e. The van der Waals surface area contributed by atoms with E-state index in [1.165, 1.54) is 12.1 Å². The molecule has 1 rings (SSSR count). The molecular formula is C13H15N3O2. The van der Waals surface area contributed by atoms with Crippen LogP contribution in [0.4, 0.5) is 11.4 Å². The zero-order valence-electron chi connectivity index (χ0n) is 10.5. The van der Waals surface area contributed by atoms with Crippen molar-refractivity contribution < 1.29 is 4.92 Å². The predicted octanol–water partition coefficient (Wildman–Crippen LogP) is 2.87. The SMILES string of the molecule is C=CCN(c1ccc([N+](=O)[O-])cc1C#N)C(C)C. The van der Waals surface area contributed by atoms with Gasteiger partial charge in [0.15, 0.2) is 0 Å². The highest BCUT2D eigenvalue weighted by molar-refractivity contribution is 5.63. The average molecular weight is 245 g/mol. The van der Waals surface area contributed by atoms with Gasteiger partial charge in [-0.3, -0.25) is 10.1 Å². The number of nitriles is 1. The first kappa shape index (κ1) is 13.7. The Labute approximate surface area is 106 Å². The minimum absolute atomic E-state index is 0.0717. The fourth-order valence-corrected chi connectivity index (χ4v) is 1.70. The van der Waals surface area contributed by atoms with Crippen molar-refractivity contribution in [3.63, 3.8) is 0 Å². The van der Waals surface area contributed by atoms with Crippen molar-refractivity contribution in [2.24, 2.45) is 0 Å². The van der Waals surface area contributed by atoms with Gasteiger partial charge in [0.2, 0.25) is 0 Å². The van der Waals surface area contributed by atoms with Crippen molar-refractivity contribution in [3.05, 3.63) is 46.5 Å². The average Bonchev–Trinajstić information content (AvgIpc) is 2.34. The van der Waals surface area contributed by atoms with E-state index in [0.29, 0.717) is 17.8 Å². The maximum absolute atomic E-state index is 10.7. The van der Waals surface area contributed by atoms with Crippen LogP contribution >= 0.6 is 0 Å². The molecule has 0 aliphatic heterocycles. The first-order valence-corrected chi connectivity index (χ1v) is 5.57. The number of benzene rings is 1. The maximum Gasteiger partial charge on any atom is 0.270 e. The van der Waals surface area contributed by atoms with Crippen LogP contribution in [0.1, 0.15) is 19.4 Å². The van der Waals surface area contributed by atoms with Gasteiger partial charge in [-0.25, -0.2) is 0 Å². The Bertz CT molecular complexity index is 503. The molecule has 0 N–H and O–H groups in total. The summed E-state index contributed by atoms with van der Waals surface area (Å²) in [5.41, 5.74) is 0.926. The van der Waals surface area contributed by atoms with Crippen LogP contribution in [0, 0.1) is 21.4 Å². The maximum atomic E-state index is 10.7. The van der Waals surface area contributed by atoms with Crippen LogP contribution in [0.2, 0.25) is 0 Å². The van der Waals surface area contributed by atoms with Crippen molar-refractivity contribution >= 4 is 11.4 Å². The summed E-state index contributed by atoms with van der Waals surface area (Å²) in [6, 6.07) is 6.50. The van der Waals surface area contributed by atoms with Gasteiger partial charge < -0.3 is 4.90 Å². The van der Waals surface area contributed by atoms with Gasteiger partial charge in [-0.1, -0.05) is 6.08 Å². The van der Waals surface area contributed by atoms with Crippen LogP contribution in [-0.4, -0.2) is 17.5 Å². The Balaban J connectivity index is 3.27. The Morgan fingerprint density at radius 3 is 2.72 bits per heavy atom. The molecule has 0 unspecified atom stereocenters. The molecule has 1 aromatic carbocycles. The molecule has 0 aliphatic rings. The molecule has 5 nitrogen and oxygen atoms in total. The number of nitrogens with zero attached hydrogens (tertiary/aromatic N) is 3. The van der Waals surface area contributed by atoms with Crippen LogP contribution in [-0.2, 0) is 0 Å². The quantitative estimate of drug-likeness (QED) is 0.454. The van der Waals surface area contributed by atoms with Gasteiger partial charge >= 0.3 is 0 Å². The summed E-state index contributed by atoms with van der Waals surface area (Å²) in [7, 11) is 0. The summed E-state index contributed by atoms with van der Waals surface area (Å²) < 4.78 is 0. The van der Waals surface area contributed by atoms with Crippen LogP contribution in [0.3, 0.4) is 0 Å². The van der Waals surface area contributed by atoms with Gasteiger partial charge in [0.1, 0.15) is 6.07 Å². The molecule has 0 amide bonds. The van der Waals surface area contributed by atoms with E-state index in [2.05, 4.69) is 6.58 Å². The third-order valence-corrected chi connectivity index (χ3v) is 2.57. The Kier molecular flexibility index (Phi) is 4.44. The lowest BCUT2D eigenvalue weighted by Gasteiger charge is -2.28. The standard InChI is InChI=1S/C13H15N3O2/c1-4-7-15(10(2)3)13-6-5-12(16(17)18)8-11(13)9-14/h4-6,8,10H,1,7H2,2-3H3. The van der Waals surface area contributed by atoms with E-state index in [4.69, 9.17) is 5.26 Å². The van der Waals surface area contributed by atoms with Crippen LogP contribution < -0.4 is 4.90 Å². The fraction of sp³-hybridized carbons (Fsp3) is 0.308. The number of nitro benzene ring substituents is 1. The summed E-state index contributed by atoms with van der Waals surface area (Å²) >= 11 is 0. The number of nitro groups is 1. The molecule has 1 aromatic rings. The van der Waals surface area contributed by atoms with E-state index in [1.807, 2.05) is 24.8 Å². The third-order valence-electron chi connectivity index (χ3n) is 2.57. The van der Waals surface area contributed by atoms with Gasteiger partial charge in [0, 0.05) is 24.7 Å². The van der Waals surface area contributed by atoms with Gasteiger partial charge in [0.25, 0.3) is 5.69 Å². The van der Waals surface area contributed by atoms with Crippen molar-refractivity contribution in [2.45, 2.75) is 19.9 Å². The van der Waals surface area contributed by atoms with Crippen LogP contribution in [0.25, 0.3) is 0 Å². The summed E-state index contributed by atoms with van der Waals surface area (Å²) in [4.78, 5) is 12.1. The molecule has 0 saturated heterocycles. The van der Waals surface area contributed by atoms with E-state index in [0.717, 1.165) is 0 Å². The number of anilines is 1. The van der Waals surface area contributed by atoms with Crippen molar-refractivity contribution in [1.82, 2.24) is 0 Å². The number of hydrogen-bond acceptors (Lipinski definition) is 4. The molecule has 18 heavy (non-hydrogen) atoms. The lowest BCUT2D eigenvalue weighted by atomic mass is 10.1. The molecule has 0 spiro atoms. The number of hydrogen-bond donors (Lipinski definition) is 0. The molecule has 0 aliphatic carbocycles. The van der Waals surface area contributed by atoms with Gasteiger partial charge in [-0.15, -0.1) is 6.58 Å². The van der Waals surface area contributed by atoms with Crippen molar-refractivity contribution in [2.75, 3.05) is 11.4 Å². The van der Waals surface area contributed by atoms with E-state index in [-0.39, 0.29) is 11.7 Å². The molecule has 0 aromatic heterocycles. The lowest BCUT2D eigenvalue weighted by molar-refractivity contribution is -0.384. The van der Waals surface area contributed by atoms with Crippen LogP contribution in [0.15, 0.2) is 30.9 Å². The molecular weight excluding hydrogens is 230 g/mol. The predicted molar refractivity (Wildman–Crippen MR) is 70.5 cm³/mol. The van der Waals surface area contributed by atoms with E-state index < -0.39 is 4.92 Å². The highest BCUT2D eigenvalue weighted by Crippen LogP contribution is 2.26. The second-order valence-corrected chi connectivity index (χ2v) is 4.11. The second kappa shape index (κ2) is 5.82. The fourth-order valence-electron chi connectivity index (χ4n) is 1.70. The highest BCUT2D eigenvalue weighted by atomic mass is 16.6. The zero-order valence-corrected chi connectivity index (χ0v) is 10.5. The molecule has 94 valence electrons. The van der Waals surface area contributed by atoms with Crippen molar-refractivity contribution in [3.8, 4) is 6.07 Å². The van der Waals surface area contributed by atoms with Gasteiger partial charge in [-0.2, -0.15) is 5.26 Å². The monoisotopic (exact) mass is 245 g/mol. The Hall–Kier alpha value is -2.35. The zero-order chi connectivity index (χ0) is 13.7. The first-order valence-electron chi connectivity index (χ1n) is 5.57. The third kappa shape index (κ3) is 2.86. The lowest BCUT2D eigenvalue weighted by Crippen LogP contribution is -2.31. The number of rotatable bonds is 5. The molecule has 5 heteroatoms. The summed E-state index contributed by atoms with van der Waals surface area (Å²) in [6.07, 6.45) is 1.74. The second-order valence-electron chi connectivity index (χ2n) is 4.11. The van der Waals surface area contributed by atoms with Crippen molar-refractivity contribution in [1.29, 1.82) is 5.26 Å². The number of non-ortho nitro benzene ring substituents is 1. The summed E-state index contributed by atoms with van der Waals surface area (Å²) in [5.74, 6) is 0. The topological polar surface area (TPSA) is 70.2 Å². The van der Waals surface area contributed by atoms with E-state index in [9.17, 15) is 10.1 Å². The molecule has 0 fully saturated rings. The summed E-state index contributed by atoms with van der Waals surface area (Å²) in [5, 5.41) is 19.8. The summed E-state index contributed by atoms with van der Waals surface area (Å²) in [6.45, 7) is 8.25. The molecule has 0 radical (unpaired) electrons. The minimum atomic E-state index is -0.502. The largest absolute Gasteiger partial charge is 0.364 e. The van der Waals surface area contributed by atoms with Gasteiger partial charge in [0.05, 0.1) is 16.2 Å². The molecule has 0 saturated carbocycles. The molecule has 0 bridgehead atoms. The Morgan fingerprint density at radius 2 is 2.28 bits per heavy atom. The highest BCUT2D eigenvalue weighted by Gasteiger charge is 2.16.